The predicted molar refractivity (Wildman–Crippen MR) is 108 cm³/mol. The molecule has 2 aromatic carbocycles. The molecule has 3 aromatic rings. The lowest BCUT2D eigenvalue weighted by molar-refractivity contribution is -0.384. The molecule has 0 atom stereocenters. The van der Waals surface area contributed by atoms with Crippen molar-refractivity contribution in [1.82, 2.24) is 15.1 Å². The zero-order valence-corrected chi connectivity index (χ0v) is 16.1. The van der Waals surface area contributed by atoms with Crippen molar-refractivity contribution in [2.24, 2.45) is 0 Å². The van der Waals surface area contributed by atoms with E-state index in [1.807, 2.05) is 30.1 Å². The molecule has 0 bridgehead atoms. The van der Waals surface area contributed by atoms with Crippen molar-refractivity contribution in [1.29, 1.82) is 0 Å². The van der Waals surface area contributed by atoms with E-state index in [9.17, 15) is 14.9 Å². The molecule has 0 radical (unpaired) electrons. The van der Waals surface area contributed by atoms with E-state index in [1.165, 1.54) is 12.1 Å². The maximum Gasteiger partial charge on any atom is 0.269 e. The first kappa shape index (κ1) is 20.1. The molecule has 150 valence electrons. The molecule has 8 heteroatoms. The number of carbonyl (C=O) groups is 1. The lowest BCUT2D eigenvalue weighted by Crippen LogP contribution is -2.25. The minimum atomic E-state index is -0.456. The van der Waals surface area contributed by atoms with Crippen LogP contribution in [0.5, 0.6) is 5.75 Å². The van der Waals surface area contributed by atoms with Gasteiger partial charge in [-0.2, -0.15) is 5.10 Å². The SMILES string of the molecule is Cc1cnn(CCCNC(=O)c2cccc(COc3ccc([N+](=O)[O-])cc3)c2)c1. The summed E-state index contributed by atoms with van der Waals surface area (Å²) < 4.78 is 7.51. The van der Waals surface area contributed by atoms with Gasteiger partial charge >= 0.3 is 0 Å². The molecule has 0 unspecified atom stereocenters. The molecule has 3 rings (SSSR count). The van der Waals surface area contributed by atoms with Gasteiger partial charge in [-0.25, -0.2) is 0 Å². The third-order valence-electron chi connectivity index (χ3n) is 4.25. The maximum absolute atomic E-state index is 12.3. The molecule has 1 N–H and O–H groups in total. The van der Waals surface area contributed by atoms with E-state index < -0.39 is 4.92 Å². The fourth-order valence-corrected chi connectivity index (χ4v) is 2.77. The molecule has 0 aliphatic heterocycles. The van der Waals surface area contributed by atoms with Gasteiger partial charge in [0.15, 0.2) is 0 Å². The molecule has 0 aliphatic carbocycles. The Labute approximate surface area is 168 Å². The Bertz CT molecular complexity index is 982. The summed E-state index contributed by atoms with van der Waals surface area (Å²) in [4.78, 5) is 22.6. The van der Waals surface area contributed by atoms with E-state index in [2.05, 4.69) is 10.4 Å². The number of hydrogen-bond donors (Lipinski definition) is 1. The number of amides is 1. The second-order valence-electron chi connectivity index (χ2n) is 6.63. The highest BCUT2D eigenvalue weighted by atomic mass is 16.6. The third kappa shape index (κ3) is 5.90. The van der Waals surface area contributed by atoms with Crippen molar-refractivity contribution in [3.63, 3.8) is 0 Å². The normalized spacial score (nSPS) is 10.5. The number of rotatable bonds is 9. The first-order chi connectivity index (χ1) is 14.0. The van der Waals surface area contributed by atoms with Crippen LogP contribution in [-0.2, 0) is 13.2 Å². The summed E-state index contributed by atoms with van der Waals surface area (Å²) in [6.45, 7) is 3.56. The lowest BCUT2D eigenvalue weighted by Gasteiger charge is -2.09. The number of nitro groups is 1. The van der Waals surface area contributed by atoms with Gasteiger partial charge in [0.1, 0.15) is 12.4 Å². The van der Waals surface area contributed by atoms with Gasteiger partial charge in [-0.15, -0.1) is 0 Å². The van der Waals surface area contributed by atoms with Crippen LogP contribution in [0.15, 0.2) is 60.9 Å². The third-order valence-corrected chi connectivity index (χ3v) is 4.25. The second kappa shape index (κ2) is 9.50. The first-order valence-corrected chi connectivity index (χ1v) is 9.25. The number of non-ortho nitro benzene ring substituents is 1. The Balaban J connectivity index is 1.47. The van der Waals surface area contributed by atoms with Crippen LogP contribution in [0.1, 0.15) is 27.9 Å². The molecule has 0 aliphatic rings. The molecule has 1 amide bonds. The highest BCUT2D eigenvalue weighted by Gasteiger charge is 2.07. The van der Waals surface area contributed by atoms with Gasteiger partial charge in [0.2, 0.25) is 0 Å². The van der Waals surface area contributed by atoms with Crippen molar-refractivity contribution in [3.8, 4) is 5.75 Å². The number of benzene rings is 2. The first-order valence-electron chi connectivity index (χ1n) is 9.25. The van der Waals surface area contributed by atoms with Gasteiger partial charge in [0.05, 0.1) is 11.1 Å². The molecule has 29 heavy (non-hydrogen) atoms. The summed E-state index contributed by atoms with van der Waals surface area (Å²) in [6, 6.07) is 13.1. The van der Waals surface area contributed by atoms with Crippen LogP contribution in [-0.4, -0.2) is 27.2 Å². The Morgan fingerprint density at radius 3 is 2.72 bits per heavy atom. The number of nitrogens with zero attached hydrogens (tertiary/aromatic N) is 3. The second-order valence-corrected chi connectivity index (χ2v) is 6.63. The average molecular weight is 394 g/mol. The fourth-order valence-electron chi connectivity index (χ4n) is 2.77. The van der Waals surface area contributed by atoms with E-state index in [0.29, 0.717) is 17.9 Å². The fraction of sp³-hybridized carbons (Fsp3) is 0.238. The van der Waals surface area contributed by atoms with Gasteiger partial charge in [0, 0.05) is 37.0 Å². The number of nitro benzene ring substituents is 1. The van der Waals surface area contributed by atoms with E-state index in [4.69, 9.17) is 4.74 Å². The molecule has 0 saturated carbocycles. The van der Waals surface area contributed by atoms with Crippen molar-refractivity contribution in [3.05, 3.63) is 87.7 Å². The molecular weight excluding hydrogens is 372 g/mol. The van der Waals surface area contributed by atoms with Crippen LogP contribution in [0, 0.1) is 17.0 Å². The van der Waals surface area contributed by atoms with Gasteiger partial charge in [-0.3, -0.25) is 19.6 Å². The van der Waals surface area contributed by atoms with Crippen molar-refractivity contribution >= 4 is 11.6 Å². The quantitative estimate of drug-likeness (QED) is 0.340. The van der Waals surface area contributed by atoms with Crippen molar-refractivity contribution in [2.75, 3.05) is 6.54 Å². The molecule has 0 saturated heterocycles. The van der Waals surface area contributed by atoms with Gasteiger partial charge in [-0.05, 0) is 48.7 Å². The summed E-state index contributed by atoms with van der Waals surface area (Å²) in [5.74, 6) is 0.387. The molecule has 0 spiro atoms. The van der Waals surface area contributed by atoms with E-state index in [0.717, 1.165) is 24.1 Å². The van der Waals surface area contributed by atoms with E-state index in [-0.39, 0.29) is 18.2 Å². The number of ether oxygens (including phenoxy) is 1. The summed E-state index contributed by atoms with van der Waals surface area (Å²) in [7, 11) is 0. The Morgan fingerprint density at radius 1 is 1.24 bits per heavy atom. The van der Waals surface area contributed by atoms with E-state index in [1.54, 1.807) is 30.3 Å². The highest BCUT2D eigenvalue weighted by molar-refractivity contribution is 5.94. The monoisotopic (exact) mass is 394 g/mol. The average Bonchev–Trinajstić information content (AvgIpc) is 3.15. The Kier molecular flexibility index (Phi) is 6.57. The van der Waals surface area contributed by atoms with Crippen LogP contribution in [0.4, 0.5) is 5.69 Å². The molecule has 0 fully saturated rings. The molecular formula is C21H22N4O4. The molecule has 1 aromatic heterocycles. The van der Waals surface area contributed by atoms with Crippen LogP contribution in [0.25, 0.3) is 0 Å². The topological polar surface area (TPSA) is 99.3 Å². The predicted octanol–water partition coefficient (Wildman–Crippen LogP) is 3.50. The number of aromatic nitrogens is 2. The summed E-state index contributed by atoms with van der Waals surface area (Å²) in [5, 5.41) is 17.8. The molecule has 1 heterocycles. The molecule has 8 nitrogen and oxygen atoms in total. The number of nitrogens with one attached hydrogen (secondary N) is 1. The minimum Gasteiger partial charge on any atom is -0.489 e. The highest BCUT2D eigenvalue weighted by Crippen LogP contribution is 2.18. The number of hydrogen-bond acceptors (Lipinski definition) is 5. The van der Waals surface area contributed by atoms with Crippen LogP contribution >= 0.6 is 0 Å². The Hall–Kier alpha value is -3.68. The van der Waals surface area contributed by atoms with Crippen LogP contribution in [0.2, 0.25) is 0 Å². The Morgan fingerprint density at radius 2 is 2.03 bits per heavy atom. The zero-order chi connectivity index (χ0) is 20.6. The van der Waals surface area contributed by atoms with E-state index >= 15 is 0 Å². The standard InChI is InChI=1S/C21H22N4O4/c1-16-13-23-24(14-16)11-3-10-22-21(26)18-5-2-4-17(12-18)15-29-20-8-6-19(7-9-20)25(27)28/h2,4-9,12-14H,3,10-11,15H2,1H3,(H,22,26). The van der Waals surface area contributed by atoms with Crippen LogP contribution < -0.4 is 10.1 Å². The minimum absolute atomic E-state index is 0.0127. The summed E-state index contributed by atoms with van der Waals surface area (Å²) in [6.07, 6.45) is 4.56. The number of aryl methyl sites for hydroxylation is 2. The van der Waals surface area contributed by atoms with Crippen molar-refractivity contribution in [2.45, 2.75) is 26.5 Å². The zero-order valence-electron chi connectivity index (χ0n) is 16.1. The van der Waals surface area contributed by atoms with Crippen LogP contribution in [0.3, 0.4) is 0 Å². The summed E-state index contributed by atoms with van der Waals surface area (Å²) in [5.41, 5.74) is 2.52. The summed E-state index contributed by atoms with van der Waals surface area (Å²) >= 11 is 0. The van der Waals surface area contributed by atoms with Gasteiger partial charge in [0.25, 0.3) is 11.6 Å². The van der Waals surface area contributed by atoms with Gasteiger partial charge in [-0.1, -0.05) is 12.1 Å². The lowest BCUT2D eigenvalue weighted by atomic mass is 10.1. The van der Waals surface area contributed by atoms with Gasteiger partial charge < -0.3 is 10.1 Å². The smallest absolute Gasteiger partial charge is 0.269 e. The number of carbonyl (C=O) groups excluding carboxylic acids is 1. The van der Waals surface area contributed by atoms with Crippen molar-refractivity contribution < 1.29 is 14.5 Å². The largest absolute Gasteiger partial charge is 0.489 e. The maximum atomic E-state index is 12.3.